The van der Waals surface area contributed by atoms with Crippen LogP contribution in [0.4, 0.5) is 0 Å². The molecule has 1 aliphatic rings. The van der Waals surface area contributed by atoms with Gasteiger partial charge in [-0.25, -0.2) is 8.42 Å². The van der Waals surface area contributed by atoms with Crippen LogP contribution in [-0.4, -0.2) is 48.6 Å². The van der Waals surface area contributed by atoms with Crippen LogP contribution in [0, 0.1) is 0 Å². The van der Waals surface area contributed by atoms with Gasteiger partial charge in [-0.3, -0.25) is 4.21 Å². The lowest BCUT2D eigenvalue weighted by Gasteiger charge is -2.24. The number of hydrogen-bond donors (Lipinski definition) is 1. The van der Waals surface area contributed by atoms with Crippen molar-refractivity contribution in [2.24, 2.45) is 0 Å². The third kappa shape index (κ3) is 4.38. The number of nitrogens with one attached hydrogen (secondary N) is 1. The summed E-state index contributed by atoms with van der Waals surface area (Å²) < 4.78 is 36.4. The Labute approximate surface area is 135 Å². The van der Waals surface area contributed by atoms with Crippen molar-refractivity contribution in [2.75, 3.05) is 25.6 Å². The number of rotatable bonds is 6. The summed E-state index contributed by atoms with van der Waals surface area (Å²) in [5, 5.41) is 3.41. The summed E-state index contributed by atoms with van der Waals surface area (Å²) in [6.45, 7) is 3.32. The second-order valence-electron chi connectivity index (χ2n) is 5.82. The summed E-state index contributed by atoms with van der Waals surface area (Å²) in [7, 11) is -4.08. The van der Waals surface area contributed by atoms with Gasteiger partial charge in [0.2, 0.25) is 10.0 Å². The van der Waals surface area contributed by atoms with Gasteiger partial charge < -0.3 is 5.32 Å². The lowest BCUT2D eigenvalue weighted by Crippen LogP contribution is -2.41. The van der Waals surface area contributed by atoms with Crippen LogP contribution in [0.1, 0.15) is 31.4 Å². The summed E-state index contributed by atoms with van der Waals surface area (Å²) in [6.07, 6.45) is 4.76. The van der Waals surface area contributed by atoms with Crippen molar-refractivity contribution in [3.63, 3.8) is 0 Å². The van der Waals surface area contributed by atoms with Gasteiger partial charge in [0, 0.05) is 47.1 Å². The van der Waals surface area contributed by atoms with Crippen molar-refractivity contribution < 1.29 is 12.6 Å². The standard InChI is InChI=1S/C15H24N2O3S2/c1-12(13-6-8-15(9-7-13)21(2)18)16-11-14-5-4-10-17(14)22(3,19)20/h6-9,12,14,16H,4-5,10-11H2,1-3H3/t12-,14-,21+/m1/s1. The van der Waals surface area contributed by atoms with Gasteiger partial charge in [0.05, 0.1) is 6.26 Å². The highest BCUT2D eigenvalue weighted by Gasteiger charge is 2.31. The van der Waals surface area contributed by atoms with Gasteiger partial charge in [-0.15, -0.1) is 0 Å². The van der Waals surface area contributed by atoms with Gasteiger partial charge in [0.1, 0.15) is 0 Å². The molecule has 0 radical (unpaired) electrons. The average Bonchev–Trinajstić information content (AvgIpc) is 2.93. The molecule has 2 rings (SSSR count). The number of sulfonamides is 1. The molecule has 1 aliphatic heterocycles. The lowest BCUT2D eigenvalue weighted by atomic mass is 10.1. The Morgan fingerprint density at radius 2 is 2.00 bits per heavy atom. The van der Waals surface area contributed by atoms with E-state index in [4.69, 9.17) is 0 Å². The first-order chi connectivity index (χ1) is 10.3. The second kappa shape index (κ2) is 7.21. The van der Waals surface area contributed by atoms with Crippen LogP contribution in [0.3, 0.4) is 0 Å². The molecule has 22 heavy (non-hydrogen) atoms. The van der Waals surface area contributed by atoms with Gasteiger partial charge in [-0.1, -0.05) is 12.1 Å². The van der Waals surface area contributed by atoms with Crippen molar-refractivity contribution >= 4 is 20.8 Å². The Hall–Kier alpha value is -0.760. The van der Waals surface area contributed by atoms with Crippen LogP contribution < -0.4 is 5.32 Å². The van der Waals surface area contributed by atoms with E-state index in [1.165, 1.54) is 6.26 Å². The summed E-state index contributed by atoms with van der Waals surface area (Å²) in [6, 6.07) is 7.86. The van der Waals surface area contributed by atoms with Crippen molar-refractivity contribution in [3.8, 4) is 0 Å². The summed E-state index contributed by atoms with van der Waals surface area (Å²) in [5.41, 5.74) is 1.11. The minimum Gasteiger partial charge on any atom is -0.309 e. The van der Waals surface area contributed by atoms with E-state index in [0.29, 0.717) is 13.1 Å². The molecule has 124 valence electrons. The van der Waals surface area contributed by atoms with Crippen LogP contribution >= 0.6 is 0 Å². The molecular formula is C15H24N2O3S2. The van der Waals surface area contributed by atoms with Crippen molar-refractivity contribution in [2.45, 2.75) is 36.7 Å². The van der Waals surface area contributed by atoms with E-state index in [2.05, 4.69) is 12.2 Å². The van der Waals surface area contributed by atoms with E-state index in [1.807, 2.05) is 24.3 Å². The fourth-order valence-corrected chi connectivity index (χ4v) is 4.53. The molecule has 1 aromatic rings. The predicted molar refractivity (Wildman–Crippen MR) is 89.8 cm³/mol. The van der Waals surface area contributed by atoms with E-state index in [1.54, 1.807) is 10.6 Å². The largest absolute Gasteiger partial charge is 0.309 e. The topological polar surface area (TPSA) is 66.5 Å². The maximum atomic E-state index is 11.7. The maximum absolute atomic E-state index is 11.7. The van der Waals surface area contributed by atoms with Crippen molar-refractivity contribution in [3.05, 3.63) is 29.8 Å². The summed E-state index contributed by atoms with van der Waals surface area (Å²) in [4.78, 5) is 0.815. The third-order valence-electron chi connectivity index (χ3n) is 4.12. The smallest absolute Gasteiger partial charge is 0.211 e. The Kier molecular flexibility index (Phi) is 5.76. The highest BCUT2D eigenvalue weighted by Crippen LogP contribution is 2.21. The number of hydrogen-bond acceptors (Lipinski definition) is 4. The molecule has 1 aromatic carbocycles. The first-order valence-corrected chi connectivity index (χ1v) is 10.8. The molecular weight excluding hydrogens is 320 g/mol. The zero-order valence-electron chi connectivity index (χ0n) is 13.3. The van der Waals surface area contributed by atoms with Crippen molar-refractivity contribution in [1.82, 2.24) is 9.62 Å². The third-order valence-corrected chi connectivity index (χ3v) is 6.39. The molecule has 0 bridgehead atoms. The van der Waals surface area contributed by atoms with E-state index < -0.39 is 20.8 Å². The fraction of sp³-hybridized carbons (Fsp3) is 0.600. The van der Waals surface area contributed by atoms with E-state index in [0.717, 1.165) is 23.3 Å². The highest BCUT2D eigenvalue weighted by molar-refractivity contribution is 7.88. The molecule has 0 spiro atoms. The van der Waals surface area contributed by atoms with Crippen molar-refractivity contribution in [1.29, 1.82) is 0 Å². The van der Waals surface area contributed by atoms with E-state index >= 15 is 0 Å². The van der Waals surface area contributed by atoms with Gasteiger partial charge in [-0.2, -0.15) is 4.31 Å². The van der Waals surface area contributed by atoms with Crippen LogP contribution in [0.2, 0.25) is 0 Å². The number of benzene rings is 1. The first kappa shape index (κ1) is 17.6. The first-order valence-electron chi connectivity index (χ1n) is 7.42. The van der Waals surface area contributed by atoms with Gasteiger partial charge in [-0.05, 0) is 37.5 Å². The molecule has 7 heteroatoms. The molecule has 0 unspecified atom stereocenters. The molecule has 1 heterocycles. The number of nitrogens with zero attached hydrogens (tertiary/aromatic N) is 1. The molecule has 5 nitrogen and oxygen atoms in total. The molecule has 0 saturated carbocycles. The molecule has 1 fully saturated rings. The molecule has 0 aliphatic carbocycles. The van der Waals surface area contributed by atoms with Crippen LogP contribution in [-0.2, 0) is 20.8 Å². The molecule has 0 aromatic heterocycles. The van der Waals surface area contributed by atoms with Gasteiger partial charge in [0.25, 0.3) is 0 Å². The van der Waals surface area contributed by atoms with Crippen LogP contribution in [0.5, 0.6) is 0 Å². The Balaban J connectivity index is 1.95. The van der Waals surface area contributed by atoms with E-state index in [-0.39, 0.29) is 12.1 Å². The fourth-order valence-electron chi connectivity index (χ4n) is 2.83. The molecule has 0 amide bonds. The monoisotopic (exact) mass is 344 g/mol. The summed E-state index contributed by atoms with van der Waals surface area (Å²) in [5.74, 6) is 0. The quantitative estimate of drug-likeness (QED) is 0.849. The Morgan fingerprint density at radius 1 is 1.36 bits per heavy atom. The molecule has 1 saturated heterocycles. The second-order valence-corrected chi connectivity index (χ2v) is 9.14. The lowest BCUT2D eigenvalue weighted by molar-refractivity contribution is 0.363. The zero-order valence-corrected chi connectivity index (χ0v) is 14.9. The minimum absolute atomic E-state index is 0.0415. The highest BCUT2D eigenvalue weighted by atomic mass is 32.2. The van der Waals surface area contributed by atoms with Crippen LogP contribution in [0.15, 0.2) is 29.2 Å². The average molecular weight is 345 g/mol. The SMILES string of the molecule is C[C@@H](NC[C@H]1CCCN1S(C)(=O)=O)c1ccc([S@](C)=O)cc1. The van der Waals surface area contributed by atoms with Crippen LogP contribution in [0.25, 0.3) is 0 Å². The van der Waals surface area contributed by atoms with Gasteiger partial charge >= 0.3 is 0 Å². The minimum atomic E-state index is -3.12. The van der Waals surface area contributed by atoms with E-state index in [9.17, 15) is 12.6 Å². The molecule has 1 N–H and O–H groups in total. The Bertz CT molecular complexity index is 629. The zero-order chi connectivity index (χ0) is 16.3. The Morgan fingerprint density at radius 3 is 2.55 bits per heavy atom. The summed E-state index contributed by atoms with van der Waals surface area (Å²) >= 11 is 0. The maximum Gasteiger partial charge on any atom is 0.211 e. The van der Waals surface area contributed by atoms with Gasteiger partial charge in [0.15, 0.2) is 0 Å². The predicted octanol–water partition coefficient (Wildman–Crippen LogP) is 1.50. The normalized spacial score (nSPS) is 22.6. The molecule has 3 atom stereocenters.